The van der Waals surface area contributed by atoms with E-state index in [-0.39, 0.29) is 16.6 Å². The number of thioether (sulfide) groups is 1. The first-order valence-corrected chi connectivity index (χ1v) is 11.1. The number of amides is 1. The van der Waals surface area contributed by atoms with E-state index in [0.717, 1.165) is 28.1 Å². The van der Waals surface area contributed by atoms with Gasteiger partial charge in [0.15, 0.2) is 11.0 Å². The lowest BCUT2D eigenvalue weighted by atomic mass is 9.87. The van der Waals surface area contributed by atoms with Gasteiger partial charge >= 0.3 is 0 Å². The fourth-order valence-electron chi connectivity index (χ4n) is 2.76. The van der Waals surface area contributed by atoms with E-state index in [1.165, 1.54) is 17.3 Å². The highest BCUT2D eigenvalue weighted by atomic mass is 32.2. The van der Waals surface area contributed by atoms with E-state index in [4.69, 9.17) is 0 Å². The number of aromatic nitrogens is 3. The summed E-state index contributed by atoms with van der Waals surface area (Å²) in [5, 5.41) is 14.1. The Balaban J connectivity index is 1.68. The van der Waals surface area contributed by atoms with Crippen LogP contribution in [0.4, 0.5) is 5.69 Å². The van der Waals surface area contributed by atoms with Crippen LogP contribution in [0.3, 0.4) is 0 Å². The molecule has 1 amide bonds. The second-order valence-corrected chi connectivity index (χ2v) is 9.86. The van der Waals surface area contributed by atoms with E-state index < -0.39 is 0 Å². The fraction of sp³-hybridized carbons (Fsp3) is 0.381. The lowest BCUT2D eigenvalue weighted by Gasteiger charge is -2.19. The molecule has 0 saturated carbocycles. The molecule has 5 nitrogen and oxygen atoms in total. The van der Waals surface area contributed by atoms with E-state index in [9.17, 15) is 4.79 Å². The van der Waals surface area contributed by atoms with Crippen LogP contribution in [0.5, 0.6) is 0 Å². The molecule has 0 aliphatic heterocycles. The third-order valence-electron chi connectivity index (χ3n) is 4.44. The Morgan fingerprint density at radius 2 is 1.93 bits per heavy atom. The molecule has 0 aliphatic carbocycles. The van der Waals surface area contributed by atoms with Crippen LogP contribution in [0.2, 0.25) is 0 Å². The van der Waals surface area contributed by atoms with Gasteiger partial charge in [-0.2, -0.15) is 0 Å². The van der Waals surface area contributed by atoms with Crippen molar-refractivity contribution in [3.8, 4) is 10.7 Å². The molecule has 7 heteroatoms. The highest BCUT2D eigenvalue weighted by molar-refractivity contribution is 8.00. The summed E-state index contributed by atoms with van der Waals surface area (Å²) in [5.74, 6) is 0.808. The van der Waals surface area contributed by atoms with E-state index in [2.05, 4.69) is 59.9 Å². The number of rotatable bonds is 6. The highest BCUT2D eigenvalue weighted by Gasteiger charge is 2.21. The zero-order valence-electron chi connectivity index (χ0n) is 16.9. The van der Waals surface area contributed by atoms with Crippen molar-refractivity contribution in [3.05, 3.63) is 47.3 Å². The topological polar surface area (TPSA) is 59.8 Å². The van der Waals surface area contributed by atoms with Gasteiger partial charge < -0.3 is 9.88 Å². The minimum Gasteiger partial charge on any atom is -0.325 e. The monoisotopic (exact) mass is 414 g/mol. The Labute approximate surface area is 174 Å². The van der Waals surface area contributed by atoms with Crippen LogP contribution in [-0.2, 0) is 16.8 Å². The summed E-state index contributed by atoms with van der Waals surface area (Å²) in [4.78, 5) is 13.7. The molecule has 0 fully saturated rings. The standard InChI is InChI=1S/C21H26N4OS2/c1-6-25-18(17-8-7-13-27-17)23-24-20(25)28-14(2)19(26)22-16-11-9-15(10-12-16)21(3,4)5/h7-14H,6H2,1-5H3,(H,22,26). The first-order valence-electron chi connectivity index (χ1n) is 9.34. The average Bonchev–Trinajstić information content (AvgIpc) is 3.30. The van der Waals surface area contributed by atoms with Gasteiger partial charge in [-0.25, -0.2) is 0 Å². The van der Waals surface area contributed by atoms with Crippen molar-refractivity contribution >= 4 is 34.7 Å². The molecule has 0 spiro atoms. The maximum absolute atomic E-state index is 12.6. The SMILES string of the molecule is CCn1c(SC(C)C(=O)Nc2ccc(C(C)(C)C)cc2)nnc1-c1cccs1. The molecule has 0 radical (unpaired) electrons. The number of carbonyl (C=O) groups is 1. The van der Waals surface area contributed by atoms with Gasteiger partial charge in [0.25, 0.3) is 0 Å². The summed E-state index contributed by atoms with van der Waals surface area (Å²) in [6.45, 7) is 11.2. The zero-order valence-corrected chi connectivity index (χ0v) is 18.5. The maximum Gasteiger partial charge on any atom is 0.237 e. The molecule has 3 rings (SSSR count). The minimum atomic E-state index is -0.284. The summed E-state index contributed by atoms with van der Waals surface area (Å²) in [6.07, 6.45) is 0. The van der Waals surface area contributed by atoms with Gasteiger partial charge in [0.1, 0.15) is 0 Å². The molecule has 2 heterocycles. The van der Waals surface area contributed by atoms with Gasteiger partial charge in [-0.1, -0.05) is 50.7 Å². The van der Waals surface area contributed by atoms with Crippen LogP contribution in [0.15, 0.2) is 46.9 Å². The van der Waals surface area contributed by atoms with Crippen molar-refractivity contribution in [2.24, 2.45) is 0 Å². The van der Waals surface area contributed by atoms with Crippen molar-refractivity contribution in [2.75, 3.05) is 5.32 Å². The summed E-state index contributed by atoms with van der Waals surface area (Å²) < 4.78 is 2.05. The molecule has 2 aromatic heterocycles. The largest absolute Gasteiger partial charge is 0.325 e. The van der Waals surface area contributed by atoms with Gasteiger partial charge in [0.2, 0.25) is 5.91 Å². The molecule has 3 aromatic rings. The summed E-state index contributed by atoms with van der Waals surface area (Å²) in [7, 11) is 0. The van der Waals surface area contributed by atoms with Crippen LogP contribution >= 0.6 is 23.1 Å². The molecule has 1 N–H and O–H groups in total. The Morgan fingerprint density at radius 3 is 2.50 bits per heavy atom. The normalized spacial score (nSPS) is 12.8. The fourth-order valence-corrected chi connectivity index (χ4v) is 4.39. The number of carbonyl (C=O) groups excluding carboxylic acids is 1. The van der Waals surface area contributed by atoms with Crippen molar-refractivity contribution in [3.63, 3.8) is 0 Å². The first kappa shape index (κ1) is 20.6. The van der Waals surface area contributed by atoms with E-state index in [1.54, 1.807) is 11.3 Å². The molecule has 0 bridgehead atoms. The number of hydrogen-bond donors (Lipinski definition) is 1. The highest BCUT2D eigenvalue weighted by Crippen LogP contribution is 2.29. The Hall–Kier alpha value is -2.12. The van der Waals surface area contributed by atoms with Crippen LogP contribution in [0.25, 0.3) is 10.7 Å². The van der Waals surface area contributed by atoms with E-state index >= 15 is 0 Å². The summed E-state index contributed by atoms with van der Waals surface area (Å²) in [6, 6.07) is 12.1. The molecule has 148 valence electrons. The molecule has 0 saturated heterocycles. The van der Waals surface area contributed by atoms with Gasteiger partial charge in [0, 0.05) is 12.2 Å². The van der Waals surface area contributed by atoms with Gasteiger partial charge in [-0.3, -0.25) is 4.79 Å². The van der Waals surface area contributed by atoms with Gasteiger partial charge in [-0.15, -0.1) is 21.5 Å². The summed E-state index contributed by atoms with van der Waals surface area (Å²) >= 11 is 3.07. The molecular formula is C21H26N4OS2. The lowest BCUT2D eigenvalue weighted by Crippen LogP contribution is -2.23. The second kappa shape index (κ2) is 8.49. The predicted octanol–water partition coefficient (Wildman–Crippen LogP) is 5.44. The number of hydrogen-bond acceptors (Lipinski definition) is 5. The van der Waals surface area contributed by atoms with Crippen LogP contribution in [-0.4, -0.2) is 25.9 Å². The Bertz CT molecular complexity index is 924. The number of anilines is 1. The molecule has 1 aromatic carbocycles. The van der Waals surface area contributed by atoms with Crippen molar-refractivity contribution < 1.29 is 4.79 Å². The number of thiophene rings is 1. The zero-order chi connectivity index (χ0) is 20.3. The molecule has 1 unspecified atom stereocenters. The number of benzene rings is 1. The Kier molecular flexibility index (Phi) is 6.25. The van der Waals surface area contributed by atoms with Crippen molar-refractivity contribution in [1.29, 1.82) is 0 Å². The second-order valence-electron chi connectivity index (χ2n) is 7.60. The molecular weight excluding hydrogens is 388 g/mol. The van der Waals surface area contributed by atoms with Gasteiger partial charge in [-0.05, 0) is 48.4 Å². The predicted molar refractivity (Wildman–Crippen MR) is 118 cm³/mol. The van der Waals surface area contributed by atoms with Gasteiger partial charge in [0.05, 0.1) is 10.1 Å². The van der Waals surface area contributed by atoms with E-state index in [0.29, 0.717) is 0 Å². The van der Waals surface area contributed by atoms with Crippen molar-refractivity contribution in [2.45, 2.75) is 57.0 Å². The minimum absolute atomic E-state index is 0.0446. The summed E-state index contributed by atoms with van der Waals surface area (Å²) in [5.41, 5.74) is 2.14. The first-order chi connectivity index (χ1) is 13.3. The lowest BCUT2D eigenvalue weighted by molar-refractivity contribution is -0.115. The van der Waals surface area contributed by atoms with Crippen LogP contribution in [0.1, 0.15) is 40.2 Å². The third-order valence-corrected chi connectivity index (χ3v) is 6.39. The molecule has 28 heavy (non-hydrogen) atoms. The quantitative estimate of drug-likeness (QED) is 0.545. The van der Waals surface area contributed by atoms with Crippen LogP contribution < -0.4 is 5.32 Å². The average molecular weight is 415 g/mol. The third kappa shape index (κ3) is 4.64. The Morgan fingerprint density at radius 1 is 1.21 bits per heavy atom. The van der Waals surface area contributed by atoms with Crippen molar-refractivity contribution in [1.82, 2.24) is 14.8 Å². The number of nitrogens with one attached hydrogen (secondary N) is 1. The molecule has 0 aliphatic rings. The molecule has 1 atom stereocenters. The number of nitrogens with zero attached hydrogens (tertiary/aromatic N) is 3. The smallest absolute Gasteiger partial charge is 0.237 e. The maximum atomic E-state index is 12.6. The van der Waals surface area contributed by atoms with Crippen LogP contribution in [0, 0.1) is 0 Å². The van der Waals surface area contributed by atoms with E-state index in [1.807, 2.05) is 36.6 Å².